The molecule has 0 bridgehead atoms. The van der Waals surface area contributed by atoms with Crippen LogP contribution in [0.1, 0.15) is 0 Å². The Kier molecular flexibility index (Phi) is 2.44. The highest BCUT2D eigenvalue weighted by molar-refractivity contribution is 7.80. The topological polar surface area (TPSA) is 66.5 Å². The number of thiophene rings is 1. The summed E-state index contributed by atoms with van der Waals surface area (Å²) in [6, 6.07) is 3.45. The number of fused-ring (bicyclic) bond motifs is 1. The molecule has 4 N–H and O–H groups in total. The predicted molar refractivity (Wildman–Crippen MR) is 63.3 cm³/mol. The summed E-state index contributed by atoms with van der Waals surface area (Å²) in [5.74, 6) is 0. The van der Waals surface area contributed by atoms with Crippen molar-refractivity contribution in [1.82, 2.24) is 0 Å². The molecule has 0 spiro atoms. The number of rotatable bonds is 1. The molecule has 1 aromatic carbocycles. The van der Waals surface area contributed by atoms with Crippen LogP contribution in [0.2, 0.25) is 0 Å². The van der Waals surface area contributed by atoms with Crippen LogP contribution in [0.3, 0.4) is 0 Å². The third kappa shape index (κ3) is 1.40. The maximum Gasteiger partial charge on any atom is 0.490 e. The zero-order valence-corrected chi connectivity index (χ0v) is 8.85. The fourth-order valence-electron chi connectivity index (χ4n) is 1.44. The Balaban J connectivity index is 2.86. The van der Waals surface area contributed by atoms with Crippen LogP contribution in [0.5, 0.6) is 0 Å². The standard InChI is InChI=1S/C8H8BNO2S2/c10-5-3-6(13)7(9(11)12)4-1-2-14-8(4)5/h1-3,11-13H,10H2. The Morgan fingerprint density at radius 2 is 2.14 bits per heavy atom. The van der Waals surface area contributed by atoms with E-state index in [-0.39, 0.29) is 0 Å². The lowest BCUT2D eigenvalue weighted by atomic mass is 9.78. The second-order valence-electron chi connectivity index (χ2n) is 2.94. The number of benzene rings is 1. The highest BCUT2D eigenvalue weighted by atomic mass is 32.1. The lowest BCUT2D eigenvalue weighted by Gasteiger charge is -2.07. The van der Waals surface area contributed by atoms with E-state index in [1.807, 2.05) is 11.4 Å². The smallest absolute Gasteiger partial charge is 0.423 e. The molecule has 0 aliphatic rings. The highest BCUT2D eigenvalue weighted by Crippen LogP contribution is 2.28. The molecule has 0 saturated carbocycles. The van der Waals surface area contributed by atoms with E-state index < -0.39 is 7.12 Å². The quantitative estimate of drug-likeness (QED) is 0.323. The zero-order valence-electron chi connectivity index (χ0n) is 7.14. The van der Waals surface area contributed by atoms with Gasteiger partial charge in [0.2, 0.25) is 0 Å². The summed E-state index contributed by atoms with van der Waals surface area (Å²) in [5.41, 5.74) is 6.80. The molecule has 0 radical (unpaired) electrons. The van der Waals surface area contributed by atoms with Gasteiger partial charge in [-0.3, -0.25) is 0 Å². The molecule has 72 valence electrons. The lowest BCUT2D eigenvalue weighted by molar-refractivity contribution is 0.425. The molecule has 0 aliphatic carbocycles. The van der Waals surface area contributed by atoms with Crippen molar-refractivity contribution in [2.24, 2.45) is 0 Å². The first-order valence-corrected chi connectivity index (χ1v) is 5.28. The van der Waals surface area contributed by atoms with Gasteiger partial charge in [-0.25, -0.2) is 0 Å². The monoisotopic (exact) mass is 225 g/mol. The minimum atomic E-state index is -1.51. The van der Waals surface area contributed by atoms with E-state index in [9.17, 15) is 10.0 Å². The van der Waals surface area contributed by atoms with E-state index >= 15 is 0 Å². The number of nitrogens with two attached hydrogens (primary N) is 1. The lowest BCUT2D eigenvalue weighted by Crippen LogP contribution is -2.31. The SMILES string of the molecule is Nc1cc(S)c(B(O)O)c2ccsc12. The van der Waals surface area contributed by atoms with Crippen LogP contribution >= 0.6 is 24.0 Å². The number of hydrogen-bond acceptors (Lipinski definition) is 5. The molecule has 1 heterocycles. The first kappa shape index (κ1) is 9.85. The Morgan fingerprint density at radius 1 is 1.43 bits per heavy atom. The van der Waals surface area contributed by atoms with E-state index in [0.29, 0.717) is 16.0 Å². The van der Waals surface area contributed by atoms with Gasteiger partial charge in [0, 0.05) is 10.4 Å². The van der Waals surface area contributed by atoms with E-state index in [1.165, 1.54) is 11.3 Å². The molecule has 0 fully saturated rings. The van der Waals surface area contributed by atoms with E-state index in [1.54, 1.807) is 6.07 Å². The molecule has 2 aromatic rings. The van der Waals surface area contributed by atoms with Gasteiger partial charge in [0.1, 0.15) is 0 Å². The summed E-state index contributed by atoms with van der Waals surface area (Å²) in [6.07, 6.45) is 0. The van der Waals surface area contributed by atoms with Crippen LogP contribution in [0.4, 0.5) is 5.69 Å². The summed E-state index contributed by atoms with van der Waals surface area (Å²) < 4.78 is 0.867. The molecule has 0 amide bonds. The normalized spacial score (nSPS) is 10.8. The van der Waals surface area contributed by atoms with Gasteiger partial charge in [0.05, 0.1) is 10.4 Å². The fourth-order valence-corrected chi connectivity index (χ4v) is 2.66. The molecule has 0 atom stereocenters. The number of thiol groups is 1. The Morgan fingerprint density at radius 3 is 2.79 bits per heavy atom. The van der Waals surface area contributed by atoms with E-state index in [2.05, 4.69) is 12.6 Å². The van der Waals surface area contributed by atoms with Crippen LogP contribution in [-0.2, 0) is 0 Å². The minimum Gasteiger partial charge on any atom is -0.423 e. The van der Waals surface area contributed by atoms with Crippen LogP contribution in [0.25, 0.3) is 10.1 Å². The van der Waals surface area contributed by atoms with Gasteiger partial charge >= 0.3 is 7.12 Å². The maximum atomic E-state index is 9.18. The second-order valence-corrected chi connectivity index (χ2v) is 4.33. The predicted octanol–water partition coefficient (Wildman–Crippen LogP) is 0.452. The van der Waals surface area contributed by atoms with Crippen LogP contribution < -0.4 is 11.2 Å². The largest absolute Gasteiger partial charge is 0.490 e. The summed E-state index contributed by atoms with van der Waals surface area (Å²) in [4.78, 5) is 0.503. The van der Waals surface area contributed by atoms with Crippen molar-refractivity contribution in [2.45, 2.75) is 4.90 Å². The molecule has 2 rings (SSSR count). The molecule has 3 nitrogen and oxygen atoms in total. The van der Waals surface area contributed by atoms with Gasteiger partial charge in [-0.2, -0.15) is 0 Å². The maximum absolute atomic E-state index is 9.18. The number of anilines is 1. The van der Waals surface area contributed by atoms with E-state index in [0.717, 1.165) is 10.1 Å². The molecule has 0 aliphatic heterocycles. The van der Waals surface area contributed by atoms with Gasteiger partial charge in [0.15, 0.2) is 0 Å². The molecular formula is C8H8BNO2S2. The molecule has 1 aromatic heterocycles. The van der Waals surface area contributed by atoms with Gasteiger partial charge in [-0.1, -0.05) is 0 Å². The van der Waals surface area contributed by atoms with Crippen molar-refractivity contribution < 1.29 is 10.0 Å². The summed E-state index contributed by atoms with van der Waals surface area (Å²) in [7, 11) is -1.51. The third-order valence-corrected chi connectivity index (χ3v) is 3.38. The van der Waals surface area contributed by atoms with Crippen molar-refractivity contribution in [3.05, 3.63) is 17.5 Å². The van der Waals surface area contributed by atoms with Crippen LogP contribution in [-0.4, -0.2) is 17.2 Å². The van der Waals surface area contributed by atoms with E-state index in [4.69, 9.17) is 5.73 Å². The number of nitrogen functional groups attached to an aromatic ring is 1. The molecule has 14 heavy (non-hydrogen) atoms. The van der Waals surface area contributed by atoms with Crippen molar-refractivity contribution in [3.8, 4) is 0 Å². The molecule has 6 heteroatoms. The minimum absolute atomic E-state index is 0.416. The summed E-state index contributed by atoms with van der Waals surface area (Å²) in [6.45, 7) is 0. The van der Waals surface area contributed by atoms with Gasteiger partial charge < -0.3 is 15.8 Å². The molecular weight excluding hydrogens is 217 g/mol. The van der Waals surface area contributed by atoms with Crippen molar-refractivity contribution in [1.29, 1.82) is 0 Å². The average molecular weight is 225 g/mol. The van der Waals surface area contributed by atoms with Gasteiger partial charge in [0.25, 0.3) is 0 Å². The van der Waals surface area contributed by atoms with Crippen molar-refractivity contribution in [2.75, 3.05) is 5.73 Å². The summed E-state index contributed by atoms with van der Waals surface area (Å²) >= 11 is 5.64. The van der Waals surface area contributed by atoms with Gasteiger partial charge in [-0.15, -0.1) is 24.0 Å². The average Bonchev–Trinajstić information content (AvgIpc) is 2.51. The molecule has 0 unspecified atom stereocenters. The van der Waals surface area contributed by atoms with Crippen LogP contribution in [0.15, 0.2) is 22.4 Å². The third-order valence-electron chi connectivity index (χ3n) is 2.04. The molecule has 0 saturated heterocycles. The van der Waals surface area contributed by atoms with Crippen LogP contribution in [0, 0.1) is 0 Å². The zero-order chi connectivity index (χ0) is 10.3. The van der Waals surface area contributed by atoms with Crippen molar-refractivity contribution in [3.63, 3.8) is 0 Å². The Bertz CT molecular complexity index is 483. The fraction of sp³-hybridized carbons (Fsp3) is 0. The number of hydrogen-bond donors (Lipinski definition) is 4. The first-order chi connectivity index (χ1) is 6.61. The Labute approximate surface area is 90.7 Å². The second kappa shape index (κ2) is 3.47. The highest BCUT2D eigenvalue weighted by Gasteiger charge is 2.19. The Hall–Kier alpha value is -0.685. The first-order valence-electron chi connectivity index (χ1n) is 3.96. The van der Waals surface area contributed by atoms with Crippen molar-refractivity contribution >= 4 is 52.3 Å². The summed E-state index contributed by atoms with van der Waals surface area (Å²) in [5, 5.41) is 21.0. The van der Waals surface area contributed by atoms with Gasteiger partial charge in [-0.05, 0) is 22.9 Å².